The fourth-order valence-electron chi connectivity index (χ4n) is 2.06. The van der Waals surface area contributed by atoms with E-state index in [1.54, 1.807) is 12.3 Å². The molecule has 0 bridgehead atoms. The summed E-state index contributed by atoms with van der Waals surface area (Å²) in [6, 6.07) is 13.6. The fraction of sp³-hybridized carbons (Fsp3) is 0.389. The average Bonchev–Trinajstić information content (AvgIpc) is 2.58. The normalized spacial score (nSPS) is 12.1. The molecule has 0 radical (unpaired) electrons. The molecular weight excluding hydrogens is 276 g/mol. The smallest absolute Gasteiger partial charge is 0.213 e. The van der Waals surface area contributed by atoms with Crippen molar-refractivity contribution < 1.29 is 9.84 Å². The van der Waals surface area contributed by atoms with Gasteiger partial charge >= 0.3 is 0 Å². The first-order valence-corrected chi connectivity index (χ1v) is 7.81. The number of benzene rings is 1. The molecule has 4 nitrogen and oxygen atoms in total. The second-order valence-electron chi connectivity index (χ2n) is 5.28. The Morgan fingerprint density at radius 3 is 2.68 bits per heavy atom. The zero-order valence-corrected chi connectivity index (χ0v) is 13.0. The van der Waals surface area contributed by atoms with Crippen molar-refractivity contribution in [1.29, 1.82) is 0 Å². The van der Waals surface area contributed by atoms with E-state index >= 15 is 0 Å². The molecule has 0 aliphatic rings. The number of aliphatic hydroxyl groups excluding tert-OH is 1. The van der Waals surface area contributed by atoms with E-state index in [9.17, 15) is 5.11 Å². The van der Waals surface area contributed by atoms with Crippen molar-refractivity contribution in [2.45, 2.75) is 32.5 Å². The molecule has 1 atom stereocenters. The van der Waals surface area contributed by atoms with Crippen molar-refractivity contribution in [2.24, 2.45) is 0 Å². The van der Waals surface area contributed by atoms with Crippen LogP contribution in [0.2, 0.25) is 0 Å². The van der Waals surface area contributed by atoms with E-state index in [4.69, 9.17) is 4.74 Å². The Balaban J connectivity index is 1.79. The number of hydrogen-bond donors (Lipinski definition) is 2. The van der Waals surface area contributed by atoms with Crippen LogP contribution >= 0.6 is 0 Å². The third-order valence-corrected chi connectivity index (χ3v) is 3.42. The van der Waals surface area contributed by atoms with Crippen molar-refractivity contribution in [2.75, 3.05) is 13.1 Å². The van der Waals surface area contributed by atoms with Gasteiger partial charge in [-0.25, -0.2) is 4.98 Å². The maximum Gasteiger partial charge on any atom is 0.213 e. The van der Waals surface area contributed by atoms with Crippen LogP contribution in [0.3, 0.4) is 0 Å². The van der Waals surface area contributed by atoms with Crippen molar-refractivity contribution >= 4 is 0 Å². The molecule has 0 saturated heterocycles. The van der Waals surface area contributed by atoms with Crippen molar-refractivity contribution in [3.8, 4) is 5.88 Å². The lowest BCUT2D eigenvalue weighted by molar-refractivity contribution is 0.174. The largest absolute Gasteiger partial charge is 0.473 e. The minimum absolute atomic E-state index is 0.494. The van der Waals surface area contributed by atoms with Gasteiger partial charge in [-0.2, -0.15) is 0 Å². The van der Waals surface area contributed by atoms with Crippen molar-refractivity contribution in [1.82, 2.24) is 10.3 Å². The molecule has 0 spiro atoms. The predicted molar refractivity (Wildman–Crippen MR) is 87.7 cm³/mol. The second kappa shape index (κ2) is 9.18. The monoisotopic (exact) mass is 300 g/mol. The highest BCUT2D eigenvalue weighted by Crippen LogP contribution is 2.15. The molecule has 2 aromatic rings. The summed E-state index contributed by atoms with van der Waals surface area (Å²) in [7, 11) is 0. The number of ether oxygens (including phenoxy) is 1. The minimum atomic E-state index is -0.535. The number of rotatable bonds is 9. The van der Waals surface area contributed by atoms with Crippen LogP contribution in [0, 0.1) is 0 Å². The van der Waals surface area contributed by atoms with Crippen LogP contribution in [-0.2, 0) is 6.61 Å². The van der Waals surface area contributed by atoms with Gasteiger partial charge in [0.2, 0.25) is 5.88 Å². The quantitative estimate of drug-likeness (QED) is 0.699. The van der Waals surface area contributed by atoms with Gasteiger partial charge < -0.3 is 15.2 Å². The predicted octanol–water partition coefficient (Wildman–Crippen LogP) is 3.08. The topological polar surface area (TPSA) is 54.4 Å². The number of unbranched alkanes of at least 4 members (excludes halogenated alkanes) is 1. The van der Waals surface area contributed by atoms with Gasteiger partial charge in [-0.05, 0) is 24.6 Å². The standard InChI is InChI=1S/C18H24N2O2/c1-2-3-11-19-13-17(21)16-9-10-18(20-12-16)22-14-15-7-5-4-6-8-15/h4-10,12,17,19,21H,2-3,11,13-14H2,1H3. The van der Waals surface area contributed by atoms with Gasteiger partial charge in [0.25, 0.3) is 0 Å². The van der Waals surface area contributed by atoms with Gasteiger partial charge in [0.15, 0.2) is 0 Å². The maximum atomic E-state index is 10.1. The third kappa shape index (κ3) is 5.47. The molecule has 0 fully saturated rings. The Labute approximate surface area is 132 Å². The SMILES string of the molecule is CCCCNCC(O)c1ccc(OCc2ccccc2)nc1. The lowest BCUT2D eigenvalue weighted by atomic mass is 10.1. The number of aliphatic hydroxyl groups is 1. The number of nitrogens with zero attached hydrogens (tertiary/aromatic N) is 1. The van der Waals surface area contributed by atoms with E-state index in [1.807, 2.05) is 36.4 Å². The summed E-state index contributed by atoms with van der Waals surface area (Å²) in [6.45, 7) is 4.12. The summed E-state index contributed by atoms with van der Waals surface area (Å²) in [5.74, 6) is 0.568. The molecule has 2 N–H and O–H groups in total. The lowest BCUT2D eigenvalue weighted by Gasteiger charge is -2.12. The average molecular weight is 300 g/mol. The summed E-state index contributed by atoms with van der Waals surface area (Å²) in [5.41, 5.74) is 1.91. The summed E-state index contributed by atoms with van der Waals surface area (Å²) in [5, 5.41) is 13.3. The molecule has 4 heteroatoms. The van der Waals surface area contributed by atoms with Crippen LogP contribution in [0.4, 0.5) is 0 Å². The lowest BCUT2D eigenvalue weighted by Crippen LogP contribution is -2.22. The molecule has 0 saturated carbocycles. The van der Waals surface area contributed by atoms with E-state index in [0.717, 1.165) is 30.5 Å². The van der Waals surface area contributed by atoms with E-state index in [-0.39, 0.29) is 0 Å². The Morgan fingerprint density at radius 2 is 2.00 bits per heavy atom. The zero-order chi connectivity index (χ0) is 15.6. The number of aromatic nitrogens is 1. The van der Waals surface area contributed by atoms with Crippen molar-refractivity contribution in [3.63, 3.8) is 0 Å². The summed E-state index contributed by atoms with van der Waals surface area (Å²) >= 11 is 0. The number of nitrogens with one attached hydrogen (secondary N) is 1. The van der Waals surface area contributed by atoms with E-state index in [0.29, 0.717) is 19.0 Å². The van der Waals surface area contributed by atoms with Crippen LogP contribution in [-0.4, -0.2) is 23.2 Å². The fourth-order valence-corrected chi connectivity index (χ4v) is 2.06. The highest BCUT2D eigenvalue weighted by atomic mass is 16.5. The zero-order valence-electron chi connectivity index (χ0n) is 13.0. The molecule has 0 aliphatic carbocycles. The molecule has 2 rings (SSSR count). The van der Waals surface area contributed by atoms with Crippen LogP contribution in [0.25, 0.3) is 0 Å². The molecule has 0 amide bonds. The van der Waals surface area contributed by atoms with E-state index in [1.165, 1.54) is 0 Å². The Kier molecular flexibility index (Phi) is 6.87. The molecule has 22 heavy (non-hydrogen) atoms. The Hall–Kier alpha value is -1.91. The van der Waals surface area contributed by atoms with Gasteiger partial charge in [-0.15, -0.1) is 0 Å². The van der Waals surface area contributed by atoms with Crippen LogP contribution < -0.4 is 10.1 Å². The van der Waals surface area contributed by atoms with Crippen LogP contribution in [0.1, 0.15) is 37.0 Å². The summed E-state index contributed by atoms with van der Waals surface area (Å²) < 4.78 is 5.63. The second-order valence-corrected chi connectivity index (χ2v) is 5.28. The van der Waals surface area contributed by atoms with Gasteiger partial charge in [-0.1, -0.05) is 43.7 Å². The highest BCUT2D eigenvalue weighted by Gasteiger charge is 2.07. The molecule has 0 aliphatic heterocycles. The summed E-state index contributed by atoms with van der Waals surface area (Å²) in [6.07, 6.45) is 3.41. The third-order valence-electron chi connectivity index (χ3n) is 3.42. The molecule has 1 aromatic carbocycles. The minimum Gasteiger partial charge on any atom is -0.473 e. The number of pyridine rings is 1. The molecule has 118 valence electrons. The van der Waals surface area contributed by atoms with Gasteiger partial charge in [0.1, 0.15) is 6.61 Å². The molecular formula is C18H24N2O2. The summed E-state index contributed by atoms with van der Waals surface area (Å²) in [4.78, 5) is 4.25. The number of hydrogen-bond acceptors (Lipinski definition) is 4. The molecule has 1 unspecified atom stereocenters. The maximum absolute atomic E-state index is 10.1. The Morgan fingerprint density at radius 1 is 1.18 bits per heavy atom. The molecule has 1 aromatic heterocycles. The van der Waals surface area contributed by atoms with Crippen LogP contribution in [0.15, 0.2) is 48.7 Å². The van der Waals surface area contributed by atoms with Crippen molar-refractivity contribution in [3.05, 3.63) is 59.8 Å². The van der Waals surface area contributed by atoms with E-state index < -0.39 is 6.10 Å². The first-order valence-electron chi connectivity index (χ1n) is 7.81. The van der Waals surface area contributed by atoms with E-state index in [2.05, 4.69) is 17.2 Å². The van der Waals surface area contributed by atoms with Crippen LogP contribution in [0.5, 0.6) is 5.88 Å². The van der Waals surface area contributed by atoms with Gasteiger partial charge in [0.05, 0.1) is 6.10 Å². The van der Waals surface area contributed by atoms with Gasteiger partial charge in [0, 0.05) is 24.4 Å². The first kappa shape index (κ1) is 16.5. The Bertz CT molecular complexity index is 529. The molecule has 1 heterocycles. The highest BCUT2D eigenvalue weighted by molar-refractivity contribution is 5.21. The first-order chi connectivity index (χ1) is 10.8. The van der Waals surface area contributed by atoms with Gasteiger partial charge in [-0.3, -0.25) is 0 Å².